The molecular formula is C20H30ClN3O3. The number of nitrogens with zero attached hydrogens (tertiary/aromatic N) is 2. The Morgan fingerprint density at radius 1 is 1.07 bits per heavy atom. The summed E-state index contributed by atoms with van der Waals surface area (Å²) in [6, 6.07) is 9.48. The minimum absolute atomic E-state index is 0. The normalized spacial score (nSPS) is 22.7. The summed E-state index contributed by atoms with van der Waals surface area (Å²) in [6.07, 6.45) is 4.87. The van der Waals surface area contributed by atoms with Crippen LogP contribution in [0.2, 0.25) is 0 Å². The number of hydrogen-bond acceptors (Lipinski definition) is 4. The van der Waals surface area contributed by atoms with Crippen molar-refractivity contribution in [1.82, 2.24) is 9.80 Å². The van der Waals surface area contributed by atoms with E-state index in [1.165, 1.54) is 0 Å². The van der Waals surface area contributed by atoms with Crippen LogP contribution >= 0.6 is 12.4 Å². The van der Waals surface area contributed by atoms with Gasteiger partial charge in [-0.05, 0) is 44.2 Å². The lowest BCUT2D eigenvalue weighted by molar-refractivity contribution is -0.144. The zero-order valence-electron chi connectivity index (χ0n) is 15.7. The van der Waals surface area contributed by atoms with Crippen LogP contribution in [0.15, 0.2) is 30.3 Å². The molecule has 2 fully saturated rings. The Bertz CT molecular complexity index is 614. The summed E-state index contributed by atoms with van der Waals surface area (Å²) >= 11 is 0. The number of rotatable bonds is 5. The number of halogens is 1. The van der Waals surface area contributed by atoms with E-state index < -0.39 is 0 Å². The zero-order valence-corrected chi connectivity index (χ0v) is 16.5. The van der Waals surface area contributed by atoms with E-state index in [0.29, 0.717) is 25.4 Å². The van der Waals surface area contributed by atoms with Crippen molar-refractivity contribution < 1.29 is 14.3 Å². The molecule has 1 aromatic rings. The van der Waals surface area contributed by atoms with Crippen molar-refractivity contribution in [3.05, 3.63) is 30.3 Å². The van der Waals surface area contributed by atoms with E-state index >= 15 is 0 Å². The smallest absolute Gasteiger partial charge is 0.260 e. The van der Waals surface area contributed by atoms with Gasteiger partial charge in [0.05, 0.1) is 5.92 Å². The summed E-state index contributed by atoms with van der Waals surface area (Å²) in [5.74, 6) is 0.683. The second-order valence-corrected chi connectivity index (χ2v) is 7.20. The summed E-state index contributed by atoms with van der Waals surface area (Å²) in [7, 11) is 0. The van der Waals surface area contributed by atoms with Gasteiger partial charge in [0, 0.05) is 32.2 Å². The largest absolute Gasteiger partial charge is 0.484 e. The van der Waals surface area contributed by atoms with Gasteiger partial charge < -0.3 is 20.3 Å². The first-order valence-electron chi connectivity index (χ1n) is 9.65. The first-order chi connectivity index (χ1) is 12.7. The molecule has 2 saturated heterocycles. The molecule has 0 aromatic heterocycles. The molecule has 0 radical (unpaired) electrons. The van der Waals surface area contributed by atoms with Crippen LogP contribution in [-0.2, 0) is 9.59 Å². The topological polar surface area (TPSA) is 75.9 Å². The number of piperidine rings is 2. The van der Waals surface area contributed by atoms with E-state index in [1.807, 2.05) is 35.2 Å². The van der Waals surface area contributed by atoms with Crippen LogP contribution in [0.4, 0.5) is 0 Å². The van der Waals surface area contributed by atoms with Crippen molar-refractivity contribution in [2.45, 2.75) is 38.1 Å². The maximum Gasteiger partial charge on any atom is 0.260 e. The fourth-order valence-electron chi connectivity index (χ4n) is 3.93. The lowest BCUT2D eigenvalue weighted by Gasteiger charge is -2.40. The summed E-state index contributed by atoms with van der Waals surface area (Å²) in [6.45, 7) is 2.51. The van der Waals surface area contributed by atoms with E-state index in [0.717, 1.165) is 38.6 Å². The Morgan fingerprint density at radius 2 is 1.85 bits per heavy atom. The maximum absolute atomic E-state index is 13.0. The van der Waals surface area contributed by atoms with Crippen LogP contribution in [0.5, 0.6) is 5.75 Å². The van der Waals surface area contributed by atoms with Gasteiger partial charge in [0.2, 0.25) is 5.91 Å². The van der Waals surface area contributed by atoms with Gasteiger partial charge in [0.1, 0.15) is 5.75 Å². The Hall–Kier alpha value is -1.79. The predicted octanol–water partition coefficient (Wildman–Crippen LogP) is 2.07. The summed E-state index contributed by atoms with van der Waals surface area (Å²) < 4.78 is 5.56. The second kappa shape index (κ2) is 10.5. The molecule has 2 heterocycles. The van der Waals surface area contributed by atoms with Crippen LogP contribution in [0.1, 0.15) is 32.1 Å². The van der Waals surface area contributed by atoms with Crippen molar-refractivity contribution in [2.75, 3.05) is 32.8 Å². The van der Waals surface area contributed by atoms with Gasteiger partial charge in [0.25, 0.3) is 5.91 Å². The molecule has 6 nitrogen and oxygen atoms in total. The molecule has 2 N–H and O–H groups in total. The Morgan fingerprint density at radius 3 is 2.59 bits per heavy atom. The fourth-order valence-corrected chi connectivity index (χ4v) is 3.93. The number of carbonyl (C=O) groups excluding carboxylic acids is 2. The highest BCUT2D eigenvalue weighted by Crippen LogP contribution is 2.24. The number of nitrogens with two attached hydrogens (primary N) is 1. The number of benzene rings is 1. The molecule has 0 aliphatic carbocycles. The lowest BCUT2D eigenvalue weighted by atomic mass is 9.93. The molecule has 0 spiro atoms. The Kier molecular flexibility index (Phi) is 8.38. The standard InChI is InChI=1S/C20H29N3O3.ClH/c21-13-17-8-4-5-12-23(17)20(25)16-7-6-11-22(14-16)19(24)15-26-18-9-2-1-3-10-18;/h1-3,9-10,16-17H,4-8,11-15,21H2;1H. The molecule has 2 unspecified atom stereocenters. The minimum Gasteiger partial charge on any atom is -0.484 e. The van der Waals surface area contributed by atoms with Gasteiger partial charge in [-0.3, -0.25) is 9.59 Å². The molecule has 2 atom stereocenters. The fraction of sp³-hybridized carbons (Fsp3) is 0.600. The summed E-state index contributed by atoms with van der Waals surface area (Å²) in [4.78, 5) is 29.2. The number of ether oxygens (including phenoxy) is 1. The summed E-state index contributed by atoms with van der Waals surface area (Å²) in [5.41, 5.74) is 5.86. The monoisotopic (exact) mass is 395 g/mol. The van der Waals surface area contributed by atoms with Gasteiger partial charge in [-0.15, -0.1) is 12.4 Å². The molecule has 27 heavy (non-hydrogen) atoms. The SMILES string of the molecule is Cl.NCC1CCCCN1C(=O)C1CCCN(C(=O)COc2ccccc2)C1. The van der Waals surface area contributed by atoms with Crippen LogP contribution in [0.25, 0.3) is 0 Å². The molecule has 2 amide bonds. The van der Waals surface area contributed by atoms with Gasteiger partial charge in [-0.25, -0.2) is 0 Å². The highest BCUT2D eigenvalue weighted by atomic mass is 35.5. The molecule has 0 bridgehead atoms. The third kappa shape index (κ3) is 5.59. The molecule has 2 aliphatic rings. The molecule has 1 aromatic carbocycles. The van der Waals surface area contributed by atoms with Crippen LogP contribution < -0.4 is 10.5 Å². The quantitative estimate of drug-likeness (QED) is 0.828. The van der Waals surface area contributed by atoms with Crippen molar-refractivity contribution in [2.24, 2.45) is 11.7 Å². The average Bonchev–Trinajstić information content (AvgIpc) is 2.72. The average molecular weight is 396 g/mol. The van der Waals surface area contributed by atoms with Gasteiger partial charge in [-0.1, -0.05) is 18.2 Å². The summed E-state index contributed by atoms with van der Waals surface area (Å²) in [5, 5.41) is 0. The Labute approximate surface area is 167 Å². The first kappa shape index (κ1) is 21.5. The minimum atomic E-state index is -0.114. The lowest BCUT2D eigenvalue weighted by Crippen LogP contribution is -2.53. The van der Waals surface area contributed by atoms with Crippen LogP contribution in [0.3, 0.4) is 0 Å². The molecular weight excluding hydrogens is 366 g/mol. The molecule has 7 heteroatoms. The van der Waals surface area contributed by atoms with Crippen molar-refractivity contribution >= 4 is 24.2 Å². The maximum atomic E-state index is 13.0. The number of likely N-dealkylation sites (tertiary alicyclic amines) is 2. The van der Waals surface area contributed by atoms with E-state index in [1.54, 1.807) is 4.90 Å². The van der Waals surface area contributed by atoms with Crippen molar-refractivity contribution in [3.63, 3.8) is 0 Å². The number of para-hydroxylation sites is 1. The van der Waals surface area contributed by atoms with Crippen molar-refractivity contribution in [3.8, 4) is 5.75 Å². The van der Waals surface area contributed by atoms with Crippen LogP contribution in [-0.4, -0.2) is 60.4 Å². The van der Waals surface area contributed by atoms with Gasteiger partial charge in [0.15, 0.2) is 6.61 Å². The van der Waals surface area contributed by atoms with Gasteiger partial charge in [-0.2, -0.15) is 0 Å². The highest BCUT2D eigenvalue weighted by molar-refractivity contribution is 5.85. The molecule has 0 saturated carbocycles. The zero-order chi connectivity index (χ0) is 18.4. The Balaban J connectivity index is 0.00000261. The van der Waals surface area contributed by atoms with Crippen molar-refractivity contribution in [1.29, 1.82) is 0 Å². The third-order valence-corrected chi connectivity index (χ3v) is 5.41. The predicted molar refractivity (Wildman–Crippen MR) is 107 cm³/mol. The number of amides is 2. The third-order valence-electron chi connectivity index (χ3n) is 5.41. The van der Waals surface area contributed by atoms with E-state index in [9.17, 15) is 9.59 Å². The molecule has 3 rings (SSSR count). The van der Waals surface area contributed by atoms with E-state index in [-0.39, 0.29) is 42.8 Å². The second-order valence-electron chi connectivity index (χ2n) is 7.20. The molecule has 150 valence electrons. The highest BCUT2D eigenvalue weighted by Gasteiger charge is 2.34. The number of hydrogen-bond donors (Lipinski definition) is 1. The van der Waals surface area contributed by atoms with E-state index in [2.05, 4.69) is 0 Å². The molecule has 2 aliphatic heterocycles. The van der Waals surface area contributed by atoms with Gasteiger partial charge >= 0.3 is 0 Å². The van der Waals surface area contributed by atoms with Crippen LogP contribution in [0, 0.1) is 5.92 Å². The first-order valence-corrected chi connectivity index (χ1v) is 9.65. The number of carbonyl (C=O) groups is 2. The van der Waals surface area contributed by atoms with E-state index in [4.69, 9.17) is 10.5 Å².